The van der Waals surface area contributed by atoms with Gasteiger partial charge < -0.3 is 15.5 Å². The summed E-state index contributed by atoms with van der Waals surface area (Å²) >= 11 is 0. The van der Waals surface area contributed by atoms with Gasteiger partial charge in [0.05, 0.1) is 13.4 Å². The second-order valence-corrected chi connectivity index (χ2v) is 3.63. The number of ether oxygens (including phenoxy) is 1. The molecule has 0 aliphatic heterocycles. The summed E-state index contributed by atoms with van der Waals surface area (Å²) in [6.45, 7) is 0. The minimum atomic E-state index is -0.0865. The van der Waals surface area contributed by atoms with E-state index in [1.165, 1.54) is 0 Å². The van der Waals surface area contributed by atoms with E-state index in [4.69, 9.17) is 10.5 Å². The lowest BCUT2D eigenvalue weighted by Crippen LogP contribution is -2.14. The summed E-state index contributed by atoms with van der Waals surface area (Å²) in [6.07, 6.45) is 4.17. The highest BCUT2D eigenvalue weighted by molar-refractivity contribution is 5.36. The molecule has 0 amide bonds. The monoisotopic (exact) mass is 217 g/mol. The second-order valence-electron chi connectivity index (χ2n) is 3.63. The van der Waals surface area contributed by atoms with Crippen LogP contribution in [0.3, 0.4) is 0 Å². The average Bonchev–Trinajstić information content (AvgIpc) is 2.81. The van der Waals surface area contributed by atoms with Crippen molar-refractivity contribution in [2.24, 2.45) is 5.73 Å². The molecule has 1 aromatic carbocycles. The Kier molecular flexibility index (Phi) is 3.22. The smallest absolute Gasteiger partial charge is 0.123 e. The maximum atomic E-state index is 6.13. The Hall–Kier alpha value is -1.81. The molecule has 1 heterocycles. The Morgan fingerprint density at radius 3 is 2.94 bits per heavy atom. The third-order valence-electron chi connectivity index (χ3n) is 2.53. The third-order valence-corrected chi connectivity index (χ3v) is 2.53. The van der Waals surface area contributed by atoms with Crippen molar-refractivity contribution in [1.82, 2.24) is 9.97 Å². The van der Waals surface area contributed by atoms with E-state index in [2.05, 4.69) is 9.97 Å². The molecule has 84 valence electrons. The van der Waals surface area contributed by atoms with Crippen molar-refractivity contribution in [2.75, 3.05) is 7.11 Å². The molecule has 0 radical (unpaired) electrons. The van der Waals surface area contributed by atoms with E-state index in [9.17, 15) is 0 Å². The van der Waals surface area contributed by atoms with Crippen molar-refractivity contribution in [3.05, 3.63) is 48.0 Å². The molecular formula is C12H15N3O. The normalized spacial score (nSPS) is 12.4. The highest BCUT2D eigenvalue weighted by atomic mass is 16.5. The quantitative estimate of drug-likeness (QED) is 0.818. The number of nitrogens with one attached hydrogen (secondary N) is 1. The molecule has 0 aliphatic carbocycles. The molecule has 4 nitrogen and oxygen atoms in total. The van der Waals surface area contributed by atoms with Crippen LogP contribution in [0.2, 0.25) is 0 Å². The first-order valence-corrected chi connectivity index (χ1v) is 5.17. The van der Waals surface area contributed by atoms with Crippen molar-refractivity contribution < 1.29 is 4.74 Å². The molecule has 1 unspecified atom stereocenters. The number of nitrogens with two attached hydrogens (primary N) is 1. The van der Waals surface area contributed by atoms with E-state index in [0.29, 0.717) is 0 Å². The van der Waals surface area contributed by atoms with Gasteiger partial charge in [-0.15, -0.1) is 0 Å². The fourth-order valence-electron chi connectivity index (χ4n) is 1.72. The molecular weight excluding hydrogens is 202 g/mol. The number of aromatic nitrogens is 2. The number of H-pyrrole nitrogens is 1. The van der Waals surface area contributed by atoms with Crippen LogP contribution in [0.4, 0.5) is 0 Å². The number of nitrogens with zero attached hydrogens (tertiary/aromatic N) is 1. The van der Waals surface area contributed by atoms with Crippen molar-refractivity contribution in [2.45, 2.75) is 12.5 Å². The SMILES string of the molecule is COc1ccccc1C(N)Cc1cnc[nH]1. The number of hydrogen-bond acceptors (Lipinski definition) is 3. The van der Waals surface area contributed by atoms with Crippen LogP contribution < -0.4 is 10.5 Å². The molecule has 0 bridgehead atoms. The summed E-state index contributed by atoms with van der Waals surface area (Å²) in [7, 11) is 1.65. The van der Waals surface area contributed by atoms with Crippen molar-refractivity contribution in [3.8, 4) is 5.75 Å². The minimum absolute atomic E-state index is 0.0865. The molecule has 1 atom stereocenters. The number of benzene rings is 1. The molecule has 0 aliphatic rings. The van der Waals surface area contributed by atoms with Gasteiger partial charge in [-0.3, -0.25) is 0 Å². The van der Waals surface area contributed by atoms with Gasteiger partial charge in [0.2, 0.25) is 0 Å². The van der Waals surface area contributed by atoms with Crippen LogP contribution in [0.5, 0.6) is 5.75 Å². The van der Waals surface area contributed by atoms with Gasteiger partial charge in [-0.25, -0.2) is 4.98 Å². The first-order valence-electron chi connectivity index (χ1n) is 5.17. The van der Waals surface area contributed by atoms with Crippen molar-refractivity contribution >= 4 is 0 Å². The molecule has 0 spiro atoms. The van der Waals surface area contributed by atoms with Crippen LogP contribution >= 0.6 is 0 Å². The lowest BCUT2D eigenvalue weighted by atomic mass is 10.0. The Morgan fingerprint density at radius 2 is 2.25 bits per heavy atom. The fourth-order valence-corrected chi connectivity index (χ4v) is 1.72. The third kappa shape index (κ3) is 2.23. The van der Waals surface area contributed by atoms with Crippen molar-refractivity contribution in [3.63, 3.8) is 0 Å². The molecule has 0 saturated heterocycles. The van der Waals surface area contributed by atoms with Gasteiger partial charge in [-0.05, 0) is 6.07 Å². The number of methoxy groups -OCH3 is 1. The Morgan fingerprint density at radius 1 is 1.44 bits per heavy atom. The molecule has 0 saturated carbocycles. The van der Waals surface area contributed by atoms with Gasteiger partial charge in [-0.1, -0.05) is 18.2 Å². The molecule has 4 heteroatoms. The lowest BCUT2D eigenvalue weighted by Gasteiger charge is -2.14. The summed E-state index contributed by atoms with van der Waals surface area (Å²) < 4.78 is 5.28. The Labute approximate surface area is 94.5 Å². The van der Waals surface area contributed by atoms with E-state index in [-0.39, 0.29) is 6.04 Å². The Bertz CT molecular complexity index is 439. The Balaban J connectivity index is 2.17. The standard InChI is InChI=1S/C12H15N3O/c1-16-12-5-3-2-4-10(12)11(13)6-9-7-14-8-15-9/h2-5,7-8,11H,6,13H2,1H3,(H,14,15). The zero-order chi connectivity index (χ0) is 11.4. The van der Waals surface area contributed by atoms with Gasteiger partial charge in [0.1, 0.15) is 5.75 Å². The maximum Gasteiger partial charge on any atom is 0.123 e. The van der Waals surface area contributed by atoms with Crippen LogP contribution in [0.1, 0.15) is 17.3 Å². The topological polar surface area (TPSA) is 63.9 Å². The first-order chi connectivity index (χ1) is 7.81. The summed E-state index contributed by atoms with van der Waals surface area (Å²) in [5.41, 5.74) is 8.17. The van der Waals surface area contributed by atoms with Crippen molar-refractivity contribution in [1.29, 1.82) is 0 Å². The van der Waals surface area contributed by atoms with Crippen LogP contribution in [-0.4, -0.2) is 17.1 Å². The average molecular weight is 217 g/mol. The van der Waals surface area contributed by atoms with E-state index in [1.54, 1.807) is 19.6 Å². The predicted octanol–water partition coefficient (Wildman–Crippen LogP) is 1.66. The lowest BCUT2D eigenvalue weighted by molar-refractivity contribution is 0.405. The maximum absolute atomic E-state index is 6.13. The van der Waals surface area contributed by atoms with Gasteiger partial charge >= 0.3 is 0 Å². The number of hydrogen-bond donors (Lipinski definition) is 2. The highest BCUT2D eigenvalue weighted by Gasteiger charge is 2.12. The van der Waals surface area contributed by atoms with Crippen LogP contribution in [0.25, 0.3) is 0 Å². The summed E-state index contributed by atoms with van der Waals surface area (Å²) in [4.78, 5) is 7.01. The number of para-hydroxylation sites is 1. The zero-order valence-electron chi connectivity index (χ0n) is 9.18. The molecule has 2 rings (SSSR count). The van der Waals surface area contributed by atoms with Crippen LogP contribution in [0, 0.1) is 0 Å². The van der Waals surface area contributed by atoms with Gasteiger partial charge in [0.25, 0.3) is 0 Å². The minimum Gasteiger partial charge on any atom is -0.496 e. The summed E-state index contributed by atoms with van der Waals surface area (Å²) in [5, 5.41) is 0. The van der Waals surface area contributed by atoms with E-state index in [0.717, 1.165) is 23.4 Å². The van der Waals surface area contributed by atoms with Crippen LogP contribution in [0.15, 0.2) is 36.8 Å². The van der Waals surface area contributed by atoms with Crippen LogP contribution in [-0.2, 0) is 6.42 Å². The molecule has 3 N–H and O–H groups in total. The van der Waals surface area contributed by atoms with E-state index >= 15 is 0 Å². The number of aromatic amines is 1. The summed E-state index contributed by atoms with van der Waals surface area (Å²) in [5.74, 6) is 0.828. The highest BCUT2D eigenvalue weighted by Crippen LogP contribution is 2.24. The number of rotatable bonds is 4. The van der Waals surface area contributed by atoms with E-state index < -0.39 is 0 Å². The molecule has 16 heavy (non-hydrogen) atoms. The predicted molar refractivity (Wildman–Crippen MR) is 62.2 cm³/mol. The summed E-state index contributed by atoms with van der Waals surface area (Å²) in [6, 6.07) is 7.72. The first kappa shape index (κ1) is 10.7. The van der Waals surface area contributed by atoms with E-state index in [1.807, 2.05) is 24.3 Å². The zero-order valence-corrected chi connectivity index (χ0v) is 9.18. The molecule has 0 fully saturated rings. The second kappa shape index (κ2) is 4.81. The largest absolute Gasteiger partial charge is 0.496 e. The molecule has 2 aromatic rings. The fraction of sp³-hybridized carbons (Fsp3) is 0.250. The number of imidazole rings is 1. The van der Waals surface area contributed by atoms with Gasteiger partial charge in [-0.2, -0.15) is 0 Å². The molecule has 1 aromatic heterocycles. The van der Waals surface area contributed by atoms with Gasteiger partial charge in [0.15, 0.2) is 0 Å². The van der Waals surface area contributed by atoms with Gasteiger partial charge in [0, 0.05) is 29.9 Å².